The number of halogens is 1. The van der Waals surface area contributed by atoms with Crippen molar-refractivity contribution in [2.75, 3.05) is 5.32 Å². The van der Waals surface area contributed by atoms with Gasteiger partial charge in [0, 0.05) is 30.6 Å². The van der Waals surface area contributed by atoms with Crippen molar-refractivity contribution in [3.8, 4) is 0 Å². The van der Waals surface area contributed by atoms with Crippen LogP contribution in [0.1, 0.15) is 5.56 Å². The van der Waals surface area contributed by atoms with Gasteiger partial charge in [-0.1, -0.05) is 29.8 Å². The molecule has 6 heteroatoms. The van der Waals surface area contributed by atoms with Crippen molar-refractivity contribution in [3.63, 3.8) is 0 Å². The van der Waals surface area contributed by atoms with E-state index >= 15 is 0 Å². The first-order valence-electron chi connectivity index (χ1n) is 5.24. The lowest BCUT2D eigenvalue weighted by Crippen LogP contribution is -2.03. The summed E-state index contributed by atoms with van der Waals surface area (Å²) in [5.41, 5.74) is 1.40. The van der Waals surface area contributed by atoms with E-state index in [1.807, 2.05) is 0 Å². The van der Waals surface area contributed by atoms with Gasteiger partial charge >= 0.3 is 0 Å². The molecule has 0 spiro atoms. The summed E-state index contributed by atoms with van der Waals surface area (Å²) in [5, 5.41) is 14.4. The first-order chi connectivity index (χ1) is 8.68. The first-order valence-corrected chi connectivity index (χ1v) is 5.62. The second-order valence-corrected chi connectivity index (χ2v) is 4.00. The maximum absolute atomic E-state index is 10.8. The largest absolute Gasteiger partial charge is 0.379 e. The number of nitrogens with zero attached hydrogens (tertiary/aromatic N) is 2. The fourth-order valence-corrected chi connectivity index (χ4v) is 1.73. The predicted molar refractivity (Wildman–Crippen MR) is 69.7 cm³/mol. The number of hydrogen-bond donors (Lipinski definition) is 1. The molecule has 1 heterocycles. The van der Waals surface area contributed by atoms with Gasteiger partial charge in [0.2, 0.25) is 0 Å². The van der Waals surface area contributed by atoms with Crippen LogP contribution in [0.15, 0.2) is 42.7 Å². The number of pyridine rings is 1. The minimum absolute atomic E-state index is 0.0928. The summed E-state index contributed by atoms with van der Waals surface area (Å²) in [6, 6.07) is 8.31. The monoisotopic (exact) mass is 263 g/mol. The molecular weight excluding hydrogens is 254 g/mol. The van der Waals surface area contributed by atoms with Crippen LogP contribution in [0.3, 0.4) is 0 Å². The average molecular weight is 264 g/mol. The molecule has 1 aromatic heterocycles. The van der Waals surface area contributed by atoms with Crippen molar-refractivity contribution in [2.45, 2.75) is 6.54 Å². The molecule has 0 saturated heterocycles. The second kappa shape index (κ2) is 5.46. The van der Waals surface area contributed by atoms with Crippen LogP contribution in [0.2, 0.25) is 5.02 Å². The predicted octanol–water partition coefficient (Wildman–Crippen LogP) is 3.26. The van der Waals surface area contributed by atoms with E-state index in [-0.39, 0.29) is 5.69 Å². The molecule has 1 N–H and O–H groups in total. The highest BCUT2D eigenvalue weighted by Gasteiger charge is 2.11. The zero-order valence-electron chi connectivity index (χ0n) is 9.34. The number of nitro groups is 1. The highest BCUT2D eigenvalue weighted by Crippen LogP contribution is 2.22. The molecule has 0 aliphatic rings. The molecule has 18 heavy (non-hydrogen) atoms. The topological polar surface area (TPSA) is 68.1 Å². The van der Waals surface area contributed by atoms with Gasteiger partial charge in [0.1, 0.15) is 0 Å². The summed E-state index contributed by atoms with van der Waals surface area (Å²) in [6.07, 6.45) is 3.12. The maximum Gasteiger partial charge on any atom is 0.274 e. The normalized spacial score (nSPS) is 10.1. The van der Waals surface area contributed by atoms with Crippen LogP contribution in [0.4, 0.5) is 11.4 Å². The highest BCUT2D eigenvalue weighted by atomic mass is 35.5. The lowest BCUT2D eigenvalue weighted by molar-refractivity contribution is -0.385. The Labute approximate surface area is 109 Å². The summed E-state index contributed by atoms with van der Waals surface area (Å²) in [5.74, 6) is 0. The second-order valence-electron chi connectivity index (χ2n) is 3.59. The number of benzene rings is 1. The number of aromatic nitrogens is 1. The molecule has 0 fully saturated rings. The van der Waals surface area contributed by atoms with Gasteiger partial charge in [-0.3, -0.25) is 15.1 Å². The molecule has 0 unspecified atom stereocenters. The van der Waals surface area contributed by atoms with Gasteiger partial charge in [-0.25, -0.2) is 0 Å². The van der Waals surface area contributed by atoms with Crippen molar-refractivity contribution in [2.24, 2.45) is 0 Å². The Balaban J connectivity index is 2.16. The molecular formula is C12H10ClN3O2. The third-order valence-electron chi connectivity index (χ3n) is 2.43. The summed E-state index contributed by atoms with van der Waals surface area (Å²) >= 11 is 5.93. The Bertz CT molecular complexity index is 575. The Morgan fingerprint density at radius 2 is 2.11 bits per heavy atom. The third kappa shape index (κ3) is 2.75. The van der Waals surface area contributed by atoms with E-state index in [1.54, 1.807) is 30.5 Å². The lowest BCUT2D eigenvalue weighted by Gasteiger charge is -2.08. The van der Waals surface area contributed by atoms with Crippen molar-refractivity contribution < 1.29 is 4.92 Å². The molecule has 0 atom stereocenters. The number of para-hydroxylation sites is 1. The van der Waals surface area contributed by atoms with Gasteiger partial charge in [-0.2, -0.15) is 0 Å². The van der Waals surface area contributed by atoms with E-state index < -0.39 is 4.92 Å². The summed E-state index contributed by atoms with van der Waals surface area (Å²) in [4.78, 5) is 14.3. The Morgan fingerprint density at radius 1 is 1.33 bits per heavy atom. The number of rotatable bonds is 4. The Hall–Kier alpha value is -2.14. The van der Waals surface area contributed by atoms with E-state index in [4.69, 9.17) is 11.6 Å². The molecule has 0 radical (unpaired) electrons. The minimum atomic E-state index is -0.398. The fourth-order valence-electron chi connectivity index (χ4n) is 1.55. The molecule has 0 saturated carbocycles. The van der Waals surface area contributed by atoms with E-state index in [0.717, 1.165) is 0 Å². The zero-order chi connectivity index (χ0) is 13.0. The van der Waals surface area contributed by atoms with Crippen molar-refractivity contribution in [1.29, 1.82) is 0 Å². The molecule has 0 amide bonds. The number of anilines is 1. The van der Waals surface area contributed by atoms with Gasteiger partial charge in [0.15, 0.2) is 0 Å². The minimum Gasteiger partial charge on any atom is -0.379 e. The van der Waals surface area contributed by atoms with E-state index in [1.165, 1.54) is 12.3 Å². The van der Waals surface area contributed by atoms with E-state index in [2.05, 4.69) is 10.3 Å². The summed E-state index contributed by atoms with van der Waals surface area (Å²) in [7, 11) is 0. The van der Waals surface area contributed by atoms with Gasteiger partial charge in [-0.05, 0) is 6.07 Å². The van der Waals surface area contributed by atoms with Gasteiger partial charge < -0.3 is 5.32 Å². The fraction of sp³-hybridized carbons (Fsp3) is 0.0833. The van der Waals surface area contributed by atoms with Crippen LogP contribution < -0.4 is 5.32 Å². The Kier molecular flexibility index (Phi) is 3.74. The first kappa shape index (κ1) is 12.3. The van der Waals surface area contributed by atoms with Gasteiger partial charge in [0.25, 0.3) is 5.69 Å². The quantitative estimate of drug-likeness (QED) is 0.679. The molecule has 2 aromatic rings. The van der Waals surface area contributed by atoms with Gasteiger partial charge in [-0.15, -0.1) is 0 Å². The van der Waals surface area contributed by atoms with Gasteiger partial charge in [0.05, 0.1) is 15.6 Å². The van der Waals surface area contributed by atoms with Crippen LogP contribution >= 0.6 is 11.6 Å². The van der Waals surface area contributed by atoms with Crippen molar-refractivity contribution >= 4 is 23.0 Å². The SMILES string of the molecule is O=[N+]([O-])c1ccccc1CNc1ccncc1Cl. The van der Waals surface area contributed by atoms with Crippen LogP contribution in [0, 0.1) is 10.1 Å². The molecule has 0 aliphatic carbocycles. The number of nitrogens with one attached hydrogen (secondary N) is 1. The summed E-state index contributed by atoms with van der Waals surface area (Å²) < 4.78 is 0. The maximum atomic E-state index is 10.8. The molecule has 2 rings (SSSR count). The molecule has 0 aliphatic heterocycles. The molecule has 92 valence electrons. The van der Waals surface area contributed by atoms with Crippen LogP contribution in [0.5, 0.6) is 0 Å². The standard InChI is InChI=1S/C12H10ClN3O2/c13-10-8-14-6-5-11(10)15-7-9-3-1-2-4-12(9)16(17)18/h1-6,8H,7H2,(H,14,15). The van der Waals surface area contributed by atoms with Crippen LogP contribution in [-0.4, -0.2) is 9.91 Å². The number of hydrogen-bond acceptors (Lipinski definition) is 4. The molecule has 5 nitrogen and oxygen atoms in total. The van der Waals surface area contributed by atoms with E-state index in [9.17, 15) is 10.1 Å². The molecule has 0 bridgehead atoms. The van der Waals surface area contributed by atoms with Crippen molar-refractivity contribution in [3.05, 3.63) is 63.4 Å². The zero-order valence-corrected chi connectivity index (χ0v) is 10.1. The van der Waals surface area contributed by atoms with E-state index in [0.29, 0.717) is 22.8 Å². The molecule has 1 aromatic carbocycles. The number of nitro benzene ring substituents is 1. The highest BCUT2D eigenvalue weighted by molar-refractivity contribution is 6.33. The Morgan fingerprint density at radius 3 is 2.83 bits per heavy atom. The summed E-state index contributed by atoms with van der Waals surface area (Å²) in [6.45, 7) is 0.334. The van der Waals surface area contributed by atoms with Crippen molar-refractivity contribution in [1.82, 2.24) is 4.98 Å². The third-order valence-corrected chi connectivity index (χ3v) is 2.73. The smallest absolute Gasteiger partial charge is 0.274 e. The van der Waals surface area contributed by atoms with Crippen LogP contribution in [-0.2, 0) is 6.54 Å². The lowest BCUT2D eigenvalue weighted by atomic mass is 10.2. The van der Waals surface area contributed by atoms with Crippen LogP contribution in [0.25, 0.3) is 0 Å². The average Bonchev–Trinajstić information content (AvgIpc) is 2.38.